The Morgan fingerprint density at radius 2 is 1.71 bits per heavy atom. The van der Waals surface area contributed by atoms with E-state index in [2.05, 4.69) is 12.2 Å². The standard InChI is InChI=1S/C11H18O3/c1-9(2)12-14-13-11(3,4)10-7-5-6-8-10/h5-10H,1-4H3. The van der Waals surface area contributed by atoms with Crippen molar-refractivity contribution in [2.75, 3.05) is 0 Å². The minimum absolute atomic E-state index is 0.000428. The summed E-state index contributed by atoms with van der Waals surface area (Å²) < 4.78 is 0. The second kappa shape index (κ2) is 4.73. The Morgan fingerprint density at radius 1 is 1.14 bits per heavy atom. The van der Waals surface area contributed by atoms with Gasteiger partial charge in [-0.3, -0.25) is 0 Å². The number of rotatable bonds is 5. The van der Waals surface area contributed by atoms with Crippen molar-refractivity contribution in [3.05, 3.63) is 24.3 Å². The van der Waals surface area contributed by atoms with Crippen LogP contribution in [0.5, 0.6) is 0 Å². The predicted molar refractivity (Wildman–Crippen MR) is 54.2 cm³/mol. The summed E-state index contributed by atoms with van der Waals surface area (Å²) >= 11 is 0. The molecule has 0 aromatic rings. The van der Waals surface area contributed by atoms with Crippen molar-refractivity contribution in [1.82, 2.24) is 0 Å². The van der Waals surface area contributed by atoms with Gasteiger partial charge in [0, 0.05) is 5.92 Å². The molecule has 0 N–H and O–H groups in total. The summed E-state index contributed by atoms with van der Waals surface area (Å²) in [5.41, 5.74) is -0.404. The Labute approximate surface area is 85.2 Å². The highest BCUT2D eigenvalue weighted by Crippen LogP contribution is 2.27. The van der Waals surface area contributed by atoms with Crippen molar-refractivity contribution in [2.45, 2.75) is 39.4 Å². The molecule has 80 valence electrons. The van der Waals surface area contributed by atoms with Crippen LogP contribution in [0.15, 0.2) is 24.3 Å². The fourth-order valence-corrected chi connectivity index (χ4v) is 1.14. The van der Waals surface area contributed by atoms with E-state index < -0.39 is 5.60 Å². The molecule has 1 rings (SSSR count). The van der Waals surface area contributed by atoms with Gasteiger partial charge >= 0.3 is 0 Å². The molecule has 0 saturated carbocycles. The van der Waals surface area contributed by atoms with Crippen LogP contribution in [0.3, 0.4) is 0 Å². The Balaban J connectivity index is 2.34. The van der Waals surface area contributed by atoms with Gasteiger partial charge < -0.3 is 0 Å². The number of hydrogen-bond donors (Lipinski definition) is 0. The maximum absolute atomic E-state index is 5.20. The summed E-state index contributed by atoms with van der Waals surface area (Å²) in [6, 6.07) is 0. The average Bonchev–Trinajstić information content (AvgIpc) is 2.54. The zero-order chi connectivity index (χ0) is 10.6. The molecule has 0 radical (unpaired) electrons. The lowest BCUT2D eigenvalue weighted by Gasteiger charge is -2.27. The molecule has 0 fully saturated rings. The van der Waals surface area contributed by atoms with Gasteiger partial charge in [0.25, 0.3) is 0 Å². The summed E-state index contributed by atoms with van der Waals surface area (Å²) in [6.45, 7) is 7.68. The largest absolute Gasteiger partial charge is 0.203 e. The quantitative estimate of drug-likeness (QED) is 0.502. The Hall–Kier alpha value is -0.640. The van der Waals surface area contributed by atoms with Crippen LogP contribution in [0.1, 0.15) is 27.7 Å². The SMILES string of the molecule is CC(C)OOOC(C)(C)C1C=CC=C1. The molecule has 3 heteroatoms. The maximum atomic E-state index is 5.20. The first-order valence-corrected chi connectivity index (χ1v) is 4.88. The van der Waals surface area contributed by atoms with Gasteiger partial charge in [-0.05, 0) is 27.7 Å². The molecular formula is C11H18O3. The highest BCUT2D eigenvalue weighted by molar-refractivity contribution is 5.20. The topological polar surface area (TPSA) is 27.7 Å². The molecule has 3 nitrogen and oxygen atoms in total. The van der Waals surface area contributed by atoms with Crippen molar-refractivity contribution in [3.8, 4) is 0 Å². The van der Waals surface area contributed by atoms with Gasteiger partial charge in [0.1, 0.15) is 5.60 Å². The zero-order valence-electron chi connectivity index (χ0n) is 9.19. The van der Waals surface area contributed by atoms with Crippen LogP contribution in [-0.4, -0.2) is 11.7 Å². The molecule has 0 bridgehead atoms. The molecule has 0 aliphatic heterocycles. The molecule has 0 unspecified atom stereocenters. The maximum Gasteiger partial charge on any atom is 0.111 e. The fourth-order valence-electron chi connectivity index (χ4n) is 1.14. The summed E-state index contributed by atoms with van der Waals surface area (Å²) in [7, 11) is 0. The van der Waals surface area contributed by atoms with Crippen LogP contribution in [-0.2, 0) is 14.8 Å². The molecule has 0 aromatic carbocycles. The van der Waals surface area contributed by atoms with Crippen LogP contribution >= 0.6 is 0 Å². The van der Waals surface area contributed by atoms with Gasteiger partial charge in [-0.2, -0.15) is 4.89 Å². The molecule has 0 aromatic heterocycles. The third-order valence-electron chi connectivity index (χ3n) is 2.03. The first-order valence-electron chi connectivity index (χ1n) is 4.88. The van der Waals surface area contributed by atoms with Gasteiger partial charge in [0.15, 0.2) is 0 Å². The van der Waals surface area contributed by atoms with Crippen molar-refractivity contribution in [1.29, 1.82) is 0 Å². The predicted octanol–water partition coefficient (Wildman–Crippen LogP) is 2.80. The lowest BCUT2D eigenvalue weighted by Crippen LogP contribution is -2.32. The first-order chi connectivity index (χ1) is 6.52. The van der Waals surface area contributed by atoms with E-state index >= 15 is 0 Å². The molecule has 0 saturated heterocycles. The van der Waals surface area contributed by atoms with E-state index in [0.717, 1.165) is 0 Å². The van der Waals surface area contributed by atoms with Gasteiger partial charge in [-0.25, -0.2) is 4.89 Å². The monoisotopic (exact) mass is 198 g/mol. The van der Waals surface area contributed by atoms with Crippen LogP contribution in [0.2, 0.25) is 0 Å². The van der Waals surface area contributed by atoms with Crippen molar-refractivity contribution in [3.63, 3.8) is 0 Å². The van der Waals surface area contributed by atoms with Gasteiger partial charge in [-0.15, -0.1) is 0 Å². The zero-order valence-corrected chi connectivity index (χ0v) is 9.19. The van der Waals surface area contributed by atoms with Gasteiger partial charge in [0.2, 0.25) is 0 Å². The van der Waals surface area contributed by atoms with Crippen molar-refractivity contribution < 1.29 is 14.8 Å². The van der Waals surface area contributed by atoms with E-state index in [1.807, 2.05) is 39.8 Å². The average molecular weight is 198 g/mol. The van der Waals surface area contributed by atoms with Crippen LogP contribution in [0.25, 0.3) is 0 Å². The molecule has 0 amide bonds. The minimum atomic E-state index is -0.404. The highest BCUT2D eigenvalue weighted by atomic mass is 17.5. The molecule has 0 atom stereocenters. The highest BCUT2D eigenvalue weighted by Gasteiger charge is 2.29. The van der Waals surface area contributed by atoms with E-state index in [-0.39, 0.29) is 12.0 Å². The molecule has 1 aliphatic carbocycles. The summed E-state index contributed by atoms with van der Waals surface area (Å²) in [5.74, 6) is 0.235. The molecule has 14 heavy (non-hydrogen) atoms. The Morgan fingerprint density at radius 3 is 2.21 bits per heavy atom. The summed E-state index contributed by atoms with van der Waals surface area (Å²) in [5, 5.41) is 4.70. The normalized spacial score (nSPS) is 17.2. The van der Waals surface area contributed by atoms with E-state index in [1.54, 1.807) is 0 Å². The Bertz CT molecular complexity index is 217. The molecule has 0 heterocycles. The summed E-state index contributed by atoms with van der Waals surface area (Å²) in [4.78, 5) is 10.1. The lowest BCUT2D eigenvalue weighted by molar-refractivity contribution is -0.551. The van der Waals surface area contributed by atoms with Crippen molar-refractivity contribution >= 4 is 0 Å². The van der Waals surface area contributed by atoms with Gasteiger partial charge in [0.05, 0.1) is 6.10 Å². The third kappa shape index (κ3) is 3.25. The van der Waals surface area contributed by atoms with Gasteiger partial charge in [-0.1, -0.05) is 29.3 Å². The second-order valence-electron chi connectivity index (χ2n) is 4.20. The lowest BCUT2D eigenvalue weighted by atomic mass is 9.93. The first kappa shape index (κ1) is 11.4. The van der Waals surface area contributed by atoms with E-state index in [9.17, 15) is 0 Å². The summed E-state index contributed by atoms with van der Waals surface area (Å²) in [6.07, 6.45) is 8.13. The van der Waals surface area contributed by atoms with E-state index in [4.69, 9.17) is 14.8 Å². The van der Waals surface area contributed by atoms with Crippen LogP contribution in [0, 0.1) is 5.92 Å². The fraction of sp³-hybridized carbons (Fsp3) is 0.636. The van der Waals surface area contributed by atoms with E-state index in [1.165, 1.54) is 0 Å². The molecular weight excluding hydrogens is 180 g/mol. The molecule has 0 spiro atoms. The van der Waals surface area contributed by atoms with E-state index in [0.29, 0.717) is 0 Å². The second-order valence-corrected chi connectivity index (χ2v) is 4.20. The minimum Gasteiger partial charge on any atom is -0.203 e. The van der Waals surface area contributed by atoms with Crippen LogP contribution < -0.4 is 0 Å². The number of allylic oxidation sites excluding steroid dienone is 2. The smallest absolute Gasteiger partial charge is 0.111 e. The van der Waals surface area contributed by atoms with Crippen LogP contribution in [0.4, 0.5) is 0 Å². The number of hydrogen-bond acceptors (Lipinski definition) is 3. The van der Waals surface area contributed by atoms with Crippen molar-refractivity contribution in [2.24, 2.45) is 5.92 Å². The Kier molecular flexibility index (Phi) is 3.86. The third-order valence-corrected chi connectivity index (χ3v) is 2.03. The molecule has 1 aliphatic rings.